The lowest BCUT2D eigenvalue weighted by Crippen LogP contribution is -2.39. The van der Waals surface area contributed by atoms with Gasteiger partial charge in [0.2, 0.25) is 0 Å². The zero-order chi connectivity index (χ0) is 20.4. The third-order valence-corrected chi connectivity index (χ3v) is 5.53. The predicted molar refractivity (Wildman–Crippen MR) is 108 cm³/mol. The second kappa shape index (κ2) is 8.16. The van der Waals surface area contributed by atoms with Gasteiger partial charge in [0.05, 0.1) is 17.3 Å². The zero-order valence-corrected chi connectivity index (χ0v) is 16.8. The summed E-state index contributed by atoms with van der Waals surface area (Å²) in [5, 5.41) is 10.5. The number of rotatable bonds is 6. The minimum Gasteiger partial charge on any atom is -0.379 e. The number of imidazole rings is 1. The molecule has 1 amide bonds. The Kier molecular flexibility index (Phi) is 5.43. The highest BCUT2D eigenvalue weighted by atomic mass is 16.6. The van der Waals surface area contributed by atoms with Gasteiger partial charge in [-0.1, -0.05) is 6.92 Å². The summed E-state index contributed by atoms with van der Waals surface area (Å²) >= 11 is 0. The van der Waals surface area contributed by atoms with Gasteiger partial charge in [0, 0.05) is 25.8 Å². The number of carbonyl (C=O) groups is 1. The second-order valence-electron chi connectivity index (χ2n) is 7.51. The van der Waals surface area contributed by atoms with Gasteiger partial charge in [-0.2, -0.15) is 0 Å². The number of nitrogens with one attached hydrogen (secondary N) is 1. The van der Waals surface area contributed by atoms with Crippen LogP contribution in [0.25, 0.3) is 22.6 Å². The first kappa shape index (κ1) is 19.3. The fourth-order valence-electron chi connectivity index (χ4n) is 3.80. The normalized spacial score (nSPS) is 15.8. The van der Waals surface area contributed by atoms with Gasteiger partial charge in [0.25, 0.3) is 5.91 Å². The molecule has 154 valence electrons. The second-order valence-corrected chi connectivity index (χ2v) is 7.51. The molecule has 0 bridgehead atoms. The number of fused-ring (bicyclic) bond motifs is 1. The third-order valence-electron chi connectivity index (χ3n) is 5.53. The maximum Gasteiger partial charge on any atom is 0.255 e. The molecule has 3 aromatic rings. The number of anilines is 1. The van der Waals surface area contributed by atoms with E-state index in [0.29, 0.717) is 41.2 Å². The molecule has 1 fully saturated rings. The molecule has 0 aliphatic carbocycles. The predicted octanol–water partition coefficient (Wildman–Crippen LogP) is 1.55. The van der Waals surface area contributed by atoms with Crippen LogP contribution >= 0.6 is 0 Å². The number of nitrogens with zero attached hydrogens (tertiary/aromatic N) is 6. The number of nitrogens with two attached hydrogens (primary N) is 1. The topological polar surface area (TPSA) is 128 Å². The van der Waals surface area contributed by atoms with Crippen LogP contribution < -0.4 is 11.1 Å². The van der Waals surface area contributed by atoms with Crippen LogP contribution in [0.15, 0.2) is 17.0 Å². The highest BCUT2D eigenvalue weighted by molar-refractivity contribution is 6.05. The van der Waals surface area contributed by atoms with Crippen molar-refractivity contribution in [2.24, 2.45) is 5.92 Å². The van der Waals surface area contributed by atoms with Crippen molar-refractivity contribution in [3.63, 3.8) is 0 Å². The summed E-state index contributed by atoms with van der Waals surface area (Å²) in [5.74, 6) is 1.29. The van der Waals surface area contributed by atoms with Gasteiger partial charge < -0.3 is 20.5 Å². The Morgan fingerprint density at radius 1 is 1.31 bits per heavy atom. The molecule has 4 heterocycles. The molecule has 0 saturated carbocycles. The quantitative estimate of drug-likeness (QED) is 0.640. The van der Waals surface area contributed by atoms with Crippen LogP contribution in [-0.2, 0) is 6.54 Å². The van der Waals surface area contributed by atoms with E-state index in [4.69, 9.17) is 10.4 Å². The Labute approximate surface area is 168 Å². The van der Waals surface area contributed by atoms with Crippen molar-refractivity contribution in [2.45, 2.75) is 33.2 Å². The lowest BCUT2D eigenvalue weighted by Gasteiger charge is -2.30. The minimum atomic E-state index is -0.166. The van der Waals surface area contributed by atoms with E-state index < -0.39 is 0 Å². The number of pyridine rings is 1. The van der Waals surface area contributed by atoms with Crippen LogP contribution in [0.4, 0.5) is 5.82 Å². The first-order valence-corrected chi connectivity index (χ1v) is 10.0. The van der Waals surface area contributed by atoms with Gasteiger partial charge in [0.1, 0.15) is 5.52 Å². The third kappa shape index (κ3) is 3.80. The lowest BCUT2D eigenvalue weighted by molar-refractivity contribution is 0.0945. The van der Waals surface area contributed by atoms with Gasteiger partial charge >= 0.3 is 0 Å². The number of likely N-dealkylation sites (tertiary alicyclic amines) is 1. The van der Waals surface area contributed by atoms with Crippen molar-refractivity contribution in [2.75, 3.05) is 31.9 Å². The van der Waals surface area contributed by atoms with Gasteiger partial charge in [-0.15, -0.1) is 0 Å². The molecule has 3 N–H and O–H groups in total. The van der Waals surface area contributed by atoms with Gasteiger partial charge in [-0.25, -0.2) is 9.61 Å². The molecule has 1 aliphatic heterocycles. The Bertz CT molecular complexity index is 1000. The van der Waals surface area contributed by atoms with E-state index in [0.717, 1.165) is 25.6 Å². The van der Waals surface area contributed by atoms with Crippen molar-refractivity contribution < 1.29 is 9.42 Å². The largest absolute Gasteiger partial charge is 0.379 e. The van der Waals surface area contributed by atoms with Crippen molar-refractivity contribution in [3.8, 4) is 11.5 Å². The Balaban J connectivity index is 1.55. The first-order chi connectivity index (χ1) is 14.1. The van der Waals surface area contributed by atoms with Crippen LogP contribution in [0.1, 0.15) is 37.0 Å². The molecule has 0 radical (unpaired) electrons. The van der Waals surface area contributed by atoms with E-state index in [1.807, 2.05) is 11.5 Å². The van der Waals surface area contributed by atoms with Crippen LogP contribution in [0, 0.1) is 5.92 Å². The number of aromatic nitrogens is 5. The molecule has 0 spiro atoms. The molecule has 1 aliphatic rings. The highest BCUT2D eigenvalue weighted by Gasteiger charge is 2.23. The van der Waals surface area contributed by atoms with Gasteiger partial charge in [-0.3, -0.25) is 9.78 Å². The van der Waals surface area contributed by atoms with Crippen LogP contribution in [0.3, 0.4) is 0 Å². The summed E-state index contributed by atoms with van der Waals surface area (Å²) in [7, 11) is 0. The minimum absolute atomic E-state index is 0.157. The number of aryl methyl sites for hydroxylation is 1. The maximum absolute atomic E-state index is 12.9. The molecule has 10 heteroatoms. The Hall–Kier alpha value is -3.01. The number of carbonyl (C=O) groups excluding carboxylic acids is 1. The number of piperidine rings is 1. The average molecular weight is 398 g/mol. The highest BCUT2D eigenvalue weighted by Crippen LogP contribution is 2.28. The fourth-order valence-corrected chi connectivity index (χ4v) is 3.80. The number of hydrogen-bond acceptors (Lipinski definition) is 8. The van der Waals surface area contributed by atoms with E-state index >= 15 is 0 Å². The monoisotopic (exact) mass is 398 g/mol. The fraction of sp³-hybridized carbons (Fsp3) is 0.526. The van der Waals surface area contributed by atoms with E-state index in [1.165, 1.54) is 12.8 Å². The van der Waals surface area contributed by atoms with Crippen molar-refractivity contribution in [1.82, 2.24) is 35.1 Å². The molecule has 0 atom stereocenters. The van der Waals surface area contributed by atoms with Crippen LogP contribution in [0.2, 0.25) is 0 Å². The van der Waals surface area contributed by atoms with E-state index in [1.54, 1.807) is 12.4 Å². The molecule has 4 rings (SSSR count). The smallest absolute Gasteiger partial charge is 0.255 e. The molecule has 3 aromatic heterocycles. The molecule has 29 heavy (non-hydrogen) atoms. The molecule has 0 unspecified atom stereocenters. The summed E-state index contributed by atoms with van der Waals surface area (Å²) in [6.45, 7) is 8.46. The summed E-state index contributed by atoms with van der Waals surface area (Å²) in [6, 6.07) is 0. The SMILES string of the molecule is CCn1c(-c2nonc2N)nc2cncc(C(=O)NCCN3CCC(C)CC3)c21. The van der Waals surface area contributed by atoms with Crippen LogP contribution in [0.5, 0.6) is 0 Å². The van der Waals surface area contributed by atoms with E-state index in [2.05, 4.69) is 37.4 Å². The molecule has 10 nitrogen and oxygen atoms in total. The number of hydrogen-bond donors (Lipinski definition) is 2. The molecular weight excluding hydrogens is 372 g/mol. The molecule has 1 saturated heterocycles. The summed E-state index contributed by atoms with van der Waals surface area (Å²) in [6.07, 6.45) is 5.63. The summed E-state index contributed by atoms with van der Waals surface area (Å²) in [5.41, 5.74) is 7.97. The van der Waals surface area contributed by atoms with Gasteiger partial charge in [-0.05, 0) is 49.1 Å². The Morgan fingerprint density at radius 3 is 2.79 bits per heavy atom. The number of amides is 1. The molecule has 0 aromatic carbocycles. The van der Waals surface area contributed by atoms with Crippen LogP contribution in [-0.4, -0.2) is 61.8 Å². The van der Waals surface area contributed by atoms with E-state index in [9.17, 15) is 4.79 Å². The summed E-state index contributed by atoms with van der Waals surface area (Å²) in [4.78, 5) is 24.1. The number of nitrogen functional groups attached to an aromatic ring is 1. The Morgan fingerprint density at radius 2 is 2.10 bits per heavy atom. The standard InChI is InChI=1S/C19H26N8O2/c1-3-27-16-13(19(28)22-6-9-26-7-4-12(2)5-8-26)10-21-11-14(16)23-18(27)15-17(20)25-29-24-15/h10-12H,3-9H2,1-2H3,(H2,20,25)(H,22,28). The molecular formula is C19H26N8O2. The van der Waals surface area contributed by atoms with Gasteiger partial charge in [0.15, 0.2) is 17.3 Å². The van der Waals surface area contributed by atoms with Crippen molar-refractivity contribution >= 4 is 22.8 Å². The summed E-state index contributed by atoms with van der Waals surface area (Å²) < 4.78 is 6.60. The first-order valence-electron chi connectivity index (χ1n) is 10.0. The van der Waals surface area contributed by atoms with Crippen molar-refractivity contribution in [1.29, 1.82) is 0 Å². The average Bonchev–Trinajstić information content (AvgIpc) is 3.31. The zero-order valence-electron chi connectivity index (χ0n) is 16.8. The maximum atomic E-state index is 12.9. The van der Waals surface area contributed by atoms with E-state index in [-0.39, 0.29) is 11.7 Å². The lowest BCUT2D eigenvalue weighted by atomic mass is 9.99. The van der Waals surface area contributed by atoms with Crippen molar-refractivity contribution in [3.05, 3.63) is 18.0 Å².